The van der Waals surface area contributed by atoms with Gasteiger partial charge in [0, 0.05) is 0 Å². The van der Waals surface area contributed by atoms with Crippen LogP contribution in [0.5, 0.6) is 0 Å². The van der Waals surface area contributed by atoms with Gasteiger partial charge in [-0.1, -0.05) is 51.1 Å². The van der Waals surface area contributed by atoms with Crippen molar-refractivity contribution >= 4 is 27.7 Å². The monoisotopic (exact) mass is 372 g/mol. The van der Waals surface area contributed by atoms with E-state index < -0.39 is 39.0 Å². The molecule has 130 valence electrons. The molecule has 23 heavy (non-hydrogen) atoms. The van der Waals surface area contributed by atoms with E-state index in [1.165, 1.54) is 0 Å². The Labute approximate surface area is 148 Å². The van der Waals surface area contributed by atoms with Crippen LogP contribution in [0.4, 0.5) is 0 Å². The highest BCUT2D eigenvalue weighted by Gasteiger charge is 2.49. The molecule has 0 saturated carbocycles. The maximum Gasteiger partial charge on any atom is 0.180 e. The molecule has 1 N–H and O–H groups in total. The van der Waals surface area contributed by atoms with Crippen LogP contribution in [0.1, 0.15) is 13.8 Å². The Kier molecular flexibility index (Phi) is 6.25. The van der Waals surface area contributed by atoms with E-state index in [0.29, 0.717) is 0 Å². The number of hydrogen-bond acceptors (Lipinski definition) is 3. The van der Waals surface area contributed by atoms with Crippen LogP contribution in [0.25, 0.3) is 0 Å². The van der Waals surface area contributed by atoms with E-state index in [9.17, 15) is 5.11 Å². The molecule has 1 rings (SSSR count). The molecular formula is C17H29ClO3Si2. The first-order valence-electron chi connectivity index (χ1n) is 7.90. The largest absolute Gasteiger partial charge is 0.373 e. The molecule has 3 atom stereocenters. The first-order valence-corrected chi connectivity index (χ1v) is 15.3. The lowest BCUT2D eigenvalue weighted by Crippen LogP contribution is -2.50. The molecule has 1 saturated heterocycles. The van der Waals surface area contributed by atoms with Crippen LogP contribution in [0.15, 0.2) is 0 Å². The Morgan fingerprint density at radius 3 is 2.04 bits per heavy atom. The first kappa shape index (κ1) is 20.8. The molecule has 2 unspecified atom stereocenters. The molecule has 0 spiro atoms. The Hall–Kier alpha value is -0.276. The van der Waals surface area contributed by atoms with Gasteiger partial charge in [0.05, 0.1) is 6.61 Å². The van der Waals surface area contributed by atoms with Gasteiger partial charge in [-0.15, -0.1) is 22.7 Å². The Balaban J connectivity index is 3.20. The third kappa shape index (κ3) is 6.62. The topological polar surface area (TPSA) is 38.7 Å². The van der Waals surface area contributed by atoms with Crippen molar-refractivity contribution in [3.05, 3.63) is 0 Å². The molecule has 0 amide bonds. The van der Waals surface area contributed by atoms with Crippen LogP contribution in [-0.2, 0) is 9.47 Å². The highest BCUT2D eigenvalue weighted by atomic mass is 35.5. The van der Waals surface area contributed by atoms with Gasteiger partial charge in [0.1, 0.15) is 27.6 Å². The summed E-state index contributed by atoms with van der Waals surface area (Å²) in [7, 11) is -3.27. The first-order chi connectivity index (χ1) is 10.1. The van der Waals surface area contributed by atoms with E-state index in [-0.39, 0.29) is 6.61 Å². The maximum atomic E-state index is 11.2. The fourth-order valence-corrected chi connectivity index (χ4v) is 3.38. The summed E-state index contributed by atoms with van der Waals surface area (Å²) in [5.74, 6) is 5.26. The van der Waals surface area contributed by atoms with Gasteiger partial charge in [-0.3, -0.25) is 0 Å². The molecular weight excluding hydrogens is 344 g/mol. The number of aliphatic hydroxyl groups is 1. The lowest BCUT2D eigenvalue weighted by Gasteiger charge is -2.31. The lowest BCUT2D eigenvalue weighted by molar-refractivity contribution is -0.158. The predicted octanol–water partition coefficient (Wildman–Crippen LogP) is 3.24. The van der Waals surface area contributed by atoms with Crippen molar-refractivity contribution in [1.29, 1.82) is 0 Å². The van der Waals surface area contributed by atoms with Gasteiger partial charge < -0.3 is 14.6 Å². The summed E-state index contributed by atoms with van der Waals surface area (Å²) in [5, 5.41) is 10.4. The van der Waals surface area contributed by atoms with Crippen molar-refractivity contribution in [2.45, 2.75) is 76.0 Å². The summed E-state index contributed by atoms with van der Waals surface area (Å²) in [4.78, 5) is 0. The van der Waals surface area contributed by atoms with Crippen molar-refractivity contribution in [3.8, 4) is 22.9 Å². The second kappa shape index (κ2) is 6.92. The van der Waals surface area contributed by atoms with Gasteiger partial charge in [-0.05, 0) is 13.8 Å². The van der Waals surface area contributed by atoms with E-state index in [0.717, 1.165) is 0 Å². The molecule has 1 fully saturated rings. The van der Waals surface area contributed by atoms with Gasteiger partial charge in [0.2, 0.25) is 0 Å². The van der Waals surface area contributed by atoms with Gasteiger partial charge in [0.15, 0.2) is 11.4 Å². The molecule has 1 heterocycles. The van der Waals surface area contributed by atoms with Crippen molar-refractivity contribution in [1.82, 2.24) is 0 Å². The highest BCUT2D eigenvalue weighted by molar-refractivity contribution is 6.84. The molecule has 1 aliphatic rings. The average Bonchev–Trinajstić information content (AvgIpc) is 2.72. The van der Waals surface area contributed by atoms with Crippen LogP contribution < -0.4 is 0 Å². The van der Waals surface area contributed by atoms with Crippen LogP contribution in [0.2, 0.25) is 39.3 Å². The summed E-state index contributed by atoms with van der Waals surface area (Å²) in [6.07, 6.45) is -0.611. The van der Waals surface area contributed by atoms with E-state index >= 15 is 0 Å². The molecule has 0 aromatic rings. The molecule has 0 aromatic carbocycles. The van der Waals surface area contributed by atoms with E-state index in [2.05, 4.69) is 62.2 Å². The Morgan fingerprint density at radius 2 is 1.65 bits per heavy atom. The van der Waals surface area contributed by atoms with Crippen LogP contribution in [-0.4, -0.2) is 50.7 Å². The van der Waals surface area contributed by atoms with Gasteiger partial charge in [-0.25, -0.2) is 0 Å². The second-order valence-corrected chi connectivity index (χ2v) is 18.5. The van der Waals surface area contributed by atoms with Gasteiger partial charge >= 0.3 is 0 Å². The fraction of sp³-hybridized carbons (Fsp3) is 0.765. The number of hydrogen-bond donors (Lipinski definition) is 1. The van der Waals surface area contributed by atoms with Crippen molar-refractivity contribution in [2.24, 2.45) is 0 Å². The van der Waals surface area contributed by atoms with E-state index in [1.807, 2.05) is 13.8 Å². The van der Waals surface area contributed by atoms with Crippen LogP contribution >= 0.6 is 11.6 Å². The zero-order valence-electron chi connectivity index (χ0n) is 15.5. The molecule has 3 nitrogen and oxygen atoms in total. The zero-order valence-corrected chi connectivity index (χ0v) is 18.3. The SMILES string of the molecule is CC1(C)OC[C@H](C(O)(C#C[Si](C)(C)C)C(Cl)C#C[Si](C)(C)C)O1. The smallest absolute Gasteiger partial charge is 0.180 e. The standard InChI is InChI=1S/C17H29ClO3Si2/c1-16(2)20-13-15(21-16)17(19,10-12-23(6,7)8)14(18)9-11-22(3,4)5/h14-15,19H,13H2,1-8H3/t14?,15-,17?/m1/s1. The van der Waals surface area contributed by atoms with E-state index in [1.54, 1.807) is 0 Å². The molecule has 6 heteroatoms. The normalized spacial score (nSPS) is 24.7. The van der Waals surface area contributed by atoms with Gasteiger partial charge in [-0.2, -0.15) is 0 Å². The third-order valence-corrected chi connectivity index (χ3v) is 5.31. The third-order valence-electron chi connectivity index (χ3n) is 3.10. The summed E-state index contributed by atoms with van der Waals surface area (Å²) in [6, 6.07) is 0. The number of rotatable bonds is 2. The summed E-state index contributed by atoms with van der Waals surface area (Å²) < 4.78 is 11.4. The fourth-order valence-electron chi connectivity index (χ4n) is 1.89. The maximum absolute atomic E-state index is 11.2. The minimum absolute atomic E-state index is 0.252. The predicted molar refractivity (Wildman–Crippen MR) is 102 cm³/mol. The highest BCUT2D eigenvalue weighted by Crippen LogP contribution is 2.32. The molecule has 1 aliphatic heterocycles. The van der Waals surface area contributed by atoms with Crippen molar-refractivity contribution in [3.63, 3.8) is 0 Å². The van der Waals surface area contributed by atoms with Crippen molar-refractivity contribution in [2.75, 3.05) is 6.61 Å². The van der Waals surface area contributed by atoms with Crippen LogP contribution in [0.3, 0.4) is 0 Å². The summed E-state index contributed by atoms with van der Waals surface area (Å²) in [5.41, 5.74) is 4.88. The van der Waals surface area contributed by atoms with Crippen molar-refractivity contribution < 1.29 is 14.6 Å². The molecule has 0 bridgehead atoms. The summed E-state index contributed by atoms with van der Waals surface area (Å²) in [6.45, 7) is 16.6. The van der Waals surface area contributed by atoms with Gasteiger partial charge in [0.25, 0.3) is 0 Å². The quantitative estimate of drug-likeness (QED) is 0.459. The van der Waals surface area contributed by atoms with Crippen LogP contribution in [0, 0.1) is 22.9 Å². The lowest BCUT2D eigenvalue weighted by atomic mass is 9.94. The minimum Gasteiger partial charge on any atom is -0.373 e. The number of halogens is 1. The Bertz CT molecular complexity index is 555. The molecule has 0 aliphatic carbocycles. The summed E-state index contributed by atoms with van der Waals surface area (Å²) >= 11 is 6.47. The number of alkyl halides is 1. The second-order valence-electron chi connectivity index (χ2n) is 8.52. The van der Waals surface area contributed by atoms with E-state index in [4.69, 9.17) is 21.1 Å². The molecule has 0 radical (unpaired) electrons. The molecule has 0 aromatic heterocycles. The number of ether oxygens (including phenoxy) is 2. The average molecular weight is 373 g/mol. The Morgan fingerprint density at radius 1 is 1.13 bits per heavy atom. The zero-order chi connectivity index (χ0) is 18.1. The minimum atomic E-state index is -1.67.